The summed E-state index contributed by atoms with van der Waals surface area (Å²) in [5.41, 5.74) is 1.83. The molecule has 6 heteroatoms. The number of nitrogens with one attached hydrogen (secondary N) is 1. The Hall–Kier alpha value is -3.93. The maximum atomic E-state index is 12.9. The van der Waals surface area contributed by atoms with Gasteiger partial charge in [-0.15, -0.1) is 0 Å². The number of fused-ring (bicyclic) bond motifs is 1. The van der Waals surface area contributed by atoms with E-state index in [1.54, 1.807) is 61.8 Å². The molecule has 0 saturated heterocycles. The van der Waals surface area contributed by atoms with Crippen LogP contribution in [0.2, 0.25) is 0 Å². The highest BCUT2D eigenvalue weighted by Crippen LogP contribution is 2.19. The Morgan fingerprint density at radius 1 is 1.04 bits per heavy atom. The van der Waals surface area contributed by atoms with Crippen LogP contribution >= 0.6 is 0 Å². The van der Waals surface area contributed by atoms with E-state index in [4.69, 9.17) is 9.15 Å². The molecular weight excluding hydrogens is 354 g/mol. The van der Waals surface area contributed by atoms with Crippen LogP contribution in [-0.2, 0) is 0 Å². The molecule has 138 valence electrons. The number of methoxy groups -OCH3 is 1. The summed E-state index contributed by atoms with van der Waals surface area (Å²) in [5.74, 6) is 0.832. The predicted molar refractivity (Wildman–Crippen MR) is 107 cm³/mol. The van der Waals surface area contributed by atoms with E-state index in [9.17, 15) is 4.79 Å². The van der Waals surface area contributed by atoms with Crippen molar-refractivity contribution in [1.29, 1.82) is 0 Å². The van der Waals surface area contributed by atoms with Gasteiger partial charge in [-0.3, -0.25) is 4.79 Å². The molecule has 0 fully saturated rings. The van der Waals surface area contributed by atoms with Gasteiger partial charge in [0.25, 0.3) is 5.91 Å². The standard InChI is InChI=1S/C22H17N3O3/c1-27-17-11-9-16(10-12-17)24-22-18(14-15-6-2-3-7-19(15)28-22)21(26)25-20-8-4-5-13-23-20/h2-14H,1H3,(H,23,25,26). The number of carbonyl (C=O) groups is 1. The number of amides is 1. The van der Waals surface area contributed by atoms with E-state index >= 15 is 0 Å². The lowest BCUT2D eigenvalue weighted by Gasteiger charge is -2.06. The average Bonchev–Trinajstić information content (AvgIpc) is 2.74. The molecule has 0 saturated carbocycles. The summed E-state index contributed by atoms with van der Waals surface area (Å²) < 4.78 is 11.1. The fraction of sp³-hybridized carbons (Fsp3) is 0.0455. The first-order valence-electron chi connectivity index (χ1n) is 8.67. The van der Waals surface area contributed by atoms with Crippen molar-refractivity contribution in [3.8, 4) is 5.75 Å². The van der Waals surface area contributed by atoms with E-state index in [2.05, 4.69) is 15.3 Å². The van der Waals surface area contributed by atoms with Gasteiger partial charge in [0.05, 0.1) is 12.8 Å². The third-order valence-corrected chi connectivity index (χ3v) is 4.11. The van der Waals surface area contributed by atoms with Gasteiger partial charge < -0.3 is 14.5 Å². The number of carbonyl (C=O) groups excluding carboxylic acids is 1. The maximum Gasteiger partial charge on any atom is 0.262 e. The predicted octanol–water partition coefficient (Wildman–Crippen LogP) is 4.32. The van der Waals surface area contributed by atoms with Crippen LogP contribution in [0.3, 0.4) is 0 Å². The van der Waals surface area contributed by atoms with Gasteiger partial charge >= 0.3 is 0 Å². The second kappa shape index (κ2) is 7.75. The molecule has 0 aliphatic heterocycles. The van der Waals surface area contributed by atoms with Gasteiger partial charge in [0.15, 0.2) is 0 Å². The minimum atomic E-state index is -0.347. The number of aromatic nitrogens is 1. The number of pyridine rings is 1. The number of para-hydroxylation sites is 1. The van der Waals surface area contributed by atoms with E-state index in [0.717, 1.165) is 11.1 Å². The molecule has 2 aromatic heterocycles. The number of hydrogen-bond acceptors (Lipinski definition) is 5. The minimum Gasteiger partial charge on any atom is -0.497 e. The SMILES string of the molecule is COc1ccc(N=c2oc3ccccc3cc2C(=O)Nc2ccccn2)cc1. The first-order valence-corrected chi connectivity index (χ1v) is 8.67. The van der Waals surface area contributed by atoms with Crippen molar-refractivity contribution in [2.24, 2.45) is 4.99 Å². The van der Waals surface area contributed by atoms with Crippen LogP contribution in [0.5, 0.6) is 5.75 Å². The maximum absolute atomic E-state index is 12.9. The highest BCUT2D eigenvalue weighted by molar-refractivity contribution is 6.04. The number of ether oxygens (including phenoxy) is 1. The monoisotopic (exact) mass is 371 g/mol. The Morgan fingerprint density at radius 2 is 1.82 bits per heavy atom. The molecule has 28 heavy (non-hydrogen) atoms. The molecule has 4 aromatic rings. The fourth-order valence-corrected chi connectivity index (χ4v) is 2.71. The molecule has 1 N–H and O–H groups in total. The Balaban J connectivity index is 1.82. The summed E-state index contributed by atoms with van der Waals surface area (Å²) in [6.45, 7) is 0. The quantitative estimate of drug-likeness (QED) is 0.579. The largest absolute Gasteiger partial charge is 0.497 e. The van der Waals surface area contributed by atoms with Crippen LogP contribution in [0.25, 0.3) is 11.0 Å². The molecule has 2 aromatic carbocycles. The van der Waals surface area contributed by atoms with E-state index in [1.165, 1.54) is 0 Å². The molecule has 0 aliphatic rings. The van der Waals surface area contributed by atoms with Gasteiger partial charge in [-0.2, -0.15) is 0 Å². The fourth-order valence-electron chi connectivity index (χ4n) is 2.71. The zero-order chi connectivity index (χ0) is 19.3. The lowest BCUT2D eigenvalue weighted by atomic mass is 10.1. The number of benzene rings is 2. The van der Waals surface area contributed by atoms with Crippen molar-refractivity contribution in [3.05, 3.63) is 90.1 Å². The summed E-state index contributed by atoms with van der Waals surface area (Å²) in [6, 6.07) is 21.7. The van der Waals surface area contributed by atoms with Gasteiger partial charge in [0.2, 0.25) is 5.55 Å². The molecule has 2 heterocycles. The summed E-state index contributed by atoms with van der Waals surface area (Å²) in [5, 5.41) is 3.59. The molecule has 0 unspecified atom stereocenters. The lowest BCUT2D eigenvalue weighted by Crippen LogP contribution is -2.22. The zero-order valence-corrected chi connectivity index (χ0v) is 15.1. The summed E-state index contributed by atoms with van der Waals surface area (Å²) in [4.78, 5) is 21.5. The Kier molecular flexibility index (Phi) is 4.84. The Bertz CT molecular complexity index is 1180. The van der Waals surface area contributed by atoms with Crippen molar-refractivity contribution in [2.75, 3.05) is 12.4 Å². The number of hydrogen-bond donors (Lipinski definition) is 1. The molecule has 0 radical (unpaired) electrons. The number of anilines is 1. The van der Waals surface area contributed by atoms with Crippen molar-refractivity contribution in [3.63, 3.8) is 0 Å². The van der Waals surface area contributed by atoms with Gasteiger partial charge in [0, 0.05) is 11.6 Å². The molecule has 4 rings (SSSR count). The van der Waals surface area contributed by atoms with Crippen LogP contribution in [0, 0.1) is 0 Å². The van der Waals surface area contributed by atoms with E-state index in [0.29, 0.717) is 22.7 Å². The molecule has 0 atom stereocenters. The molecular formula is C22H17N3O3. The van der Waals surface area contributed by atoms with Crippen molar-refractivity contribution in [1.82, 2.24) is 4.98 Å². The lowest BCUT2D eigenvalue weighted by molar-refractivity contribution is 0.102. The minimum absolute atomic E-state index is 0.220. The smallest absolute Gasteiger partial charge is 0.262 e. The second-order valence-electron chi connectivity index (χ2n) is 5.98. The van der Waals surface area contributed by atoms with Crippen molar-refractivity contribution < 1.29 is 13.9 Å². The second-order valence-corrected chi connectivity index (χ2v) is 5.98. The highest BCUT2D eigenvalue weighted by atomic mass is 16.5. The van der Waals surface area contributed by atoms with Crippen LogP contribution in [0.1, 0.15) is 10.4 Å². The van der Waals surface area contributed by atoms with Gasteiger partial charge in [-0.25, -0.2) is 9.98 Å². The van der Waals surface area contributed by atoms with Crippen LogP contribution < -0.4 is 15.6 Å². The number of rotatable bonds is 4. The average molecular weight is 371 g/mol. The van der Waals surface area contributed by atoms with Gasteiger partial charge in [0.1, 0.15) is 22.7 Å². The van der Waals surface area contributed by atoms with E-state index in [-0.39, 0.29) is 11.5 Å². The Morgan fingerprint density at radius 3 is 2.57 bits per heavy atom. The molecule has 0 bridgehead atoms. The molecule has 1 amide bonds. The van der Waals surface area contributed by atoms with Crippen LogP contribution in [0.4, 0.5) is 11.5 Å². The first kappa shape index (κ1) is 17.5. The summed E-state index contributed by atoms with van der Waals surface area (Å²) in [7, 11) is 1.60. The zero-order valence-electron chi connectivity index (χ0n) is 15.1. The topological polar surface area (TPSA) is 76.7 Å². The van der Waals surface area contributed by atoms with Crippen molar-refractivity contribution in [2.45, 2.75) is 0 Å². The van der Waals surface area contributed by atoms with Gasteiger partial charge in [-0.05, 0) is 48.5 Å². The third-order valence-electron chi connectivity index (χ3n) is 4.11. The van der Waals surface area contributed by atoms with Crippen LogP contribution in [-0.4, -0.2) is 18.0 Å². The normalized spacial score (nSPS) is 11.4. The van der Waals surface area contributed by atoms with Crippen molar-refractivity contribution >= 4 is 28.4 Å². The molecule has 0 spiro atoms. The highest BCUT2D eigenvalue weighted by Gasteiger charge is 2.13. The molecule has 0 aliphatic carbocycles. The Labute approximate surface area is 161 Å². The summed E-state index contributed by atoms with van der Waals surface area (Å²) in [6.07, 6.45) is 1.61. The van der Waals surface area contributed by atoms with Crippen LogP contribution in [0.15, 0.2) is 88.4 Å². The molecule has 6 nitrogen and oxygen atoms in total. The third kappa shape index (κ3) is 3.76. The van der Waals surface area contributed by atoms with E-state index in [1.807, 2.05) is 24.3 Å². The van der Waals surface area contributed by atoms with E-state index < -0.39 is 0 Å². The van der Waals surface area contributed by atoms with Gasteiger partial charge in [-0.1, -0.05) is 24.3 Å². The summed E-state index contributed by atoms with van der Waals surface area (Å²) >= 11 is 0. The first-order chi connectivity index (χ1) is 13.7. The number of nitrogens with zero attached hydrogens (tertiary/aromatic N) is 2.